The number of benzene rings is 1. The van der Waals surface area contributed by atoms with Gasteiger partial charge in [-0.05, 0) is 39.3 Å². The molecule has 0 spiro atoms. The zero-order chi connectivity index (χ0) is 18.7. The Bertz CT molecular complexity index is 918. The Morgan fingerprint density at radius 3 is 2.81 bits per heavy atom. The van der Waals surface area contributed by atoms with Crippen molar-refractivity contribution in [3.05, 3.63) is 35.0 Å². The summed E-state index contributed by atoms with van der Waals surface area (Å²) in [6, 6.07) is 7.22. The largest absolute Gasteiger partial charge is 0.335 e. The van der Waals surface area contributed by atoms with Crippen molar-refractivity contribution in [2.45, 2.75) is 40.2 Å². The van der Waals surface area contributed by atoms with Crippen LogP contribution >= 0.6 is 11.3 Å². The average Bonchev–Trinajstić information content (AvgIpc) is 3.21. The maximum atomic E-state index is 12.0. The minimum atomic E-state index is -0.235. The minimum absolute atomic E-state index is 0.115. The van der Waals surface area contributed by atoms with Crippen LogP contribution in [0.15, 0.2) is 28.8 Å². The zero-order valence-electron chi connectivity index (χ0n) is 15.2. The number of thiazole rings is 1. The lowest BCUT2D eigenvalue weighted by molar-refractivity contribution is 0.249. The third-order valence-electron chi connectivity index (χ3n) is 3.89. The number of aryl methyl sites for hydroxylation is 2. The molecule has 0 fully saturated rings. The molecule has 2 N–H and O–H groups in total. The van der Waals surface area contributed by atoms with Crippen molar-refractivity contribution >= 4 is 23.1 Å². The summed E-state index contributed by atoms with van der Waals surface area (Å²) >= 11 is 1.52. The van der Waals surface area contributed by atoms with Gasteiger partial charge in [0, 0.05) is 17.3 Å². The van der Waals surface area contributed by atoms with Gasteiger partial charge in [0.15, 0.2) is 0 Å². The second-order valence-corrected chi connectivity index (χ2v) is 7.26. The van der Waals surface area contributed by atoms with E-state index in [2.05, 4.69) is 25.8 Å². The van der Waals surface area contributed by atoms with Gasteiger partial charge in [-0.2, -0.15) is 4.98 Å². The fraction of sp³-hybridized carbons (Fsp3) is 0.333. The molecule has 0 bridgehead atoms. The first-order valence-electron chi connectivity index (χ1n) is 8.42. The Morgan fingerprint density at radius 1 is 1.31 bits per heavy atom. The molecule has 136 valence electrons. The number of rotatable bonds is 5. The maximum absolute atomic E-state index is 12.0. The molecule has 0 aliphatic heterocycles. The molecule has 26 heavy (non-hydrogen) atoms. The summed E-state index contributed by atoms with van der Waals surface area (Å²) in [5.74, 6) is 0.924. The van der Waals surface area contributed by atoms with E-state index in [1.807, 2.05) is 52.0 Å². The number of aromatic nitrogens is 3. The summed E-state index contributed by atoms with van der Waals surface area (Å²) in [7, 11) is 0. The molecule has 0 aliphatic rings. The second kappa shape index (κ2) is 7.65. The number of urea groups is 1. The van der Waals surface area contributed by atoms with Crippen molar-refractivity contribution in [2.75, 3.05) is 5.32 Å². The van der Waals surface area contributed by atoms with E-state index in [0.717, 1.165) is 27.6 Å². The van der Waals surface area contributed by atoms with E-state index in [9.17, 15) is 4.79 Å². The van der Waals surface area contributed by atoms with Crippen LogP contribution in [0.5, 0.6) is 0 Å². The molecular weight excluding hydrogens is 350 g/mol. The van der Waals surface area contributed by atoms with Crippen LogP contribution in [0.25, 0.3) is 22.2 Å². The summed E-state index contributed by atoms with van der Waals surface area (Å²) in [6.07, 6.45) is 0.871. The van der Waals surface area contributed by atoms with E-state index in [1.165, 1.54) is 11.3 Å². The zero-order valence-corrected chi connectivity index (χ0v) is 16.0. The number of nitrogens with one attached hydrogen (secondary N) is 2. The molecule has 1 atom stereocenters. The fourth-order valence-electron chi connectivity index (χ4n) is 2.39. The molecule has 0 saturated carbocycles. The normalized spacial score (nSPS) is 12.0. The van der Waals surface area contributed by atoms with Crippen molar-refractivity contribution < 1.29 is 9.32 Å². The SMILES string of the molecule is CCC(C)NC(=O)Nc1cccc(-c2noc(-c3sc(C)nc3C)n2)c1. The van der Waals surface area contributed by atoms with Gasteiger partial charge in [-0.3, -0.25) is 0 Å². The van der Waals surface area contributed by atoms with Crippen LogP contribution in [-0.2, 0) is 0 Å². The molecule has 2 amide bonds. The van der Waals surface area contributed by atoms with Gasteiger partial charge >= 0.3 is 6.03 Å². The number of carbonyl (C=O) groups excluding carboxylic acids is 1. The van der Waals surface area contributed by atoms with Crippen molar-refractivity contribution in [3.8, 4) is 22.2 Å². The van der Waals surface area contributed by atoms with E-state index in [4.69, 9.17) is 4.52 Å². The molecule has 8 heteroatoms. The van der Waals surface area contributed by atoms with Crippen molar-refractivity contribution in [1.29, 1.82) is 0 Å². The van der Waals surface area contributed by atoms with Crippen molar-refractivity contribution in [2.24, 2.45) is 0 Å². The number of nitrogens with zero attached hydrogens (tertiary/aromatic N) is 3. The van der Waals surface area contributed by atoms with Gasteiger partial charge in [0.1, 0.15) is 4.88 Å². The first kappa shape index (κ1) is 18.1. The molecule has 7 nitrogen and oxygen atoms in total. The van der Waals surface area contributed by atoms with Crippen LogP contribution in [-0.4, -0.2) is 27.2 Å². The van der Waals surface area contributed by atoms with Crippen molar-refractivity contribution in [3.63, 3.8) is 0 Å². The molecule has 1 aromatic carbocycles. The smallest absolute Gasteiger partial charge is 0.319 e. The monoisotopic (exact) mass is 371 g/mol. The quantitative estimate of drug-likeness (QED) is 0.693. The van der Waals surface area contributed by atoms with E-state index in [0.29, 0.717) is 17.4 Å². The lowest BCUT2D eigenvalue weighted by Crippen LogP contribution is -2.35. The highest BCUT2D eigenvalue weighted by Crippen LogP contribution is 2.30. The number of amides is 2. The van der Waals surface area contributed by atoms with Crippen molar-refractivity contribution in [1.82, 2.24) is 20.4 Å². The van der Waals surface area contributed by atoms with Crippen LogP contribution in [0.3, 0.4) is 0 Å². The van der Waals surface area contributed by atoms with E-state index in [-0.39, 0.29) is 12.1 Å². The van der Waals surface area contributed by atoms with Crippen LogP contribution in [0, 0.1) is 13.8 Å². The van der Waals surface area contributed by atoms with Gasteiger partial charge in [0.2, 0.25) is 5.82 Å². The molecule has 0 radical (unpaired) electrons. The third-order valence-corrected chi connectivity index (χ3v) is 4.95. The number of hydrogen-bond acceptors (Lipinski definition) is 6. The Kier molecular flexibility index (Phi) is 5.32. The average molecular weight is 371 g/mol. The van der Waals surface area contributed by atoms with Gasteiger partial charge in [0.25, 0.3) is 5.89 Å². The molecule has 2 aromatic heterocycles. The van der Waals surface area contributed by atoms with E-state index < -0.39 is 0 Å². The summed E-state index contributed by atoms with van der Waals surface area (Å²) in [5, 5.41) is 10.7. The highest BCUT2D eigenvalue weighted by Gasteiger charge is 2.16. The lowest BCUT2D eigenvalue weighted by atomic mass is 10.2. The maximum Gasteiger partial charge on any atom is 0.319 e. The first-order valence-corrected chi connectivity index (χ1v) is 9.24. The number of hydrogen-bond donors (Lipinski definition) is 2. The summed E-state index contributed by atoms with van der Waals surface area (Å²) in [6.45, 7) is 7.84. The Morgan fingerprint density at radius 2 is 2.12 bits per heavy atom. The lowest BCUT2D eigenvalue weighted by Gasteiger charge is -2.12. The molecule has 0 saturated heterocycles. The minimum Gasteiger partial charge on any atom is -0.335 e. The molecule has 1 unspecified atom stereocenters. The van der Waals surface area contributed by atoms with Crippen LogP contribution < -0.4 is 10.6 Å². The summed E-state index contributed by atoms with van der Waals surface area (Å²) < 4.78 is 5.40. The molecule has 3 aromatic rings. The third kappa shape index (κ3) is 4.08. The number of carbonyl (C=O) groups is 1. The van der Waals surface area contributed by atoms with Crippen LogP contribution in [0.2, 0.25) is 0 Å². The Balaban J connectivity index is 1.78. The van der Waals surface area contributed by atoms with Gasteiger partial charge in [-0.1, -0.05) is 24.2 Å². The summed E-state index contributed by atoms with van der Waals surface area (Å²) in [5.41, 5.74) is 2.31. The molecule has 3 rings (SSSR count). The highest BCUT2D eigenvalue weighted by atomic mass is 32.1. The molecule has 2 heterocycles. The Hall–Kier alpha value is -2.74. The standard InChI is InChI=1S/C18H21N5O2S/c1-5-10(2)19-18(24)21-14-8-6-7-13(9-14)16-22-17(25-23-16)15-11(3)20-12(4)26-15/h6-10H,5H2,1-4H3,(H2,19,21,24). The van der Waals surface area contributed by atoms with E-state index in [1.54, 1.807) is 0 Å². The second-order valence-electron chi connectivity index (χ2n) is 6.06. The predicted molar refractivity (Wildman–Crippen MR) is 102 cm³/mol. The fourth-order valence-corrected chi connectivity index (χ4v) is 3.23. The Labute approximate surface area is 155 Å². The van der Waals surface area contributed by atoms with Gasteiger partial charge in [-0.25, -0.2) is 9.78 Å². The van der Waals surface area contributed by atoms with Gasteiger partial charge in [0.05, 0.1) is 10.7 Å². The number of anilines is 1. The topological polar surface area (TPSA) is 92.9 Å². The highest BCUT2D eigenvalue weighted by molar-refractivity contribution is 7.15. The summed E-state index contributed by atoms with van der Waals surface area (Å²) in [4.78, 5) is 21.7. The molecule has 0 aliphatic carbocycles. The predicted octanol–water partition coefficient (Wildman–Crippen LogP) is 4.40. The first-order chi connectivity index (χ1) is 12.5. The van der Waals surface area contributed by atoms with Crippen LogP contribution in [0.1, 0.15) is 31.0 Å². The van der Waals surface area contributed by atoms with Gasteiger partial charge in [-0.15, -0.1) is 11.3 Å². The van der Waals surface area contributed by atoms with Crippen LogP contribution in [0.4, 0.5) is 10.5 Å². The van der Waals surface area contributed by atoms with Gasteiger partial charge < -0.3 is 15.2 Å². The molecular formula is C18H21N5O2S. The van der Waals surface area contributed by atoms with E-state index >= 15 is 0 Å².